The van der Waals surface area contributed by atoms with E-state index in [0.29, 0.717) is 13.1 Å². The van der Waals surface area contributed by atoms with Crippen molar-refractivity contribution in [2.45, 2.75) is 18.9 Å². The second-order valence-electron chi connectivity index (χ2n) is 4.25. The van der Waals surface area contributed by atoms with Crippen molar-refractivity contribution >= 4 is 29.1 Å². The molecule has 19 heavy (non-hydrogen) atoms. The lowest BCUT2D eigenvalue weighted by Gasteiger charge is -2.34. The number of carboxylic acids is 1. The van der Waals surface area contributed by atoms with Gasteiger partial charge >= 0.3 is 5.97 Å². The third kappa shape index (κ3) is 3.31. The molecule has 1 fully saturated rings. The summed E-state index contributed by atoms with van der Waals surface area (Å²) in [6, 6.07) is 2.79. The van der Waals surface area contributed by atoms with E-state index in [1.807, 2.05) is 17.5 Å². The highest BCUT2D eigenvalue weighted by atomic mass is 32.1. The fourth-order valence-corrected chi connectivity index (χ4v) is 2.74. The lowest BCUT2D eigenvalue weighted by Crippen LogP contribution is -2.58. The number of amides is 2. The summed E-state index contributed by atoms with van der Waals surface area (Å²) >= 11 is 1.47. The van der Waals surface area contributed by atoms with Gasteiger partial charge in [0, 0.05) is 18.0 Å². The maximum absolute atomic E-state index is 12.2. The molecule has 1 atom stereocenters. The number of carboxylic acid groups (broad SMARTS) is 1. The summed E-state index contributed by atoms with van der Waals surface area (Å²) in [6.45, 7) is 0.721. The normalized spacial score (nSPS) is 19.1. The number of aliphatic carboxylic acids is 1. The van der Waals surface area contributed by atoms with E-state index >= 15 is 0 Å². The number of nitrogens with one attached hydrogen (secondary N) is 1. The second-order valence-corrected chi connectivity index (χ2v) is 5.28. The van der Waals surface area contributed by atoms with Crippen LogP contribution in [0, 0.1) is 0 Å². The minimum absolute atomic E-state index is 0.205. The summed E-state index contributed by atoms with van der Waals surface area (Å²) in [7, 11) is 0. The Hall–Kier alpha value is -1.89. The lowest BCUT2D eigenvalue weighted by molar-refractivity contribution is -0.148. The van der Waals surface area contributed by atoms with Crippen LogP contribution < -0.4 is 5.32 Å². The molecule has 1 aliphatic heterocycles. The van der Waals surface area contributed by atoms with Gasteiger partial charge in [-0.05, 0) is 11.4 Å². The summed E-state index contributed by atoms with van der Waals surface area (Å²) in [6.07, 6.45) is -0.150. The smallest absolute Gasteiger partial charge is 0.305 e. The lowest BCUT2D eigenvalue weighted by atomic mass is 10.1. The van der Waals surface area contributed by atoms with Gasteiger partial charge in [0.2, 0.25) is 11.8 Å². The molecule has 7 heteroatoms. The van der Waals surface area contributed by atoms with E-state index in [1.54, 1.807) is 0 Å². The van der Waals surface area contributed by atoms with E-state index in [-0.39, 0.29) is 18.7 Å². The Labute approximate surface area is 114 Å². The molecule has 1 saturated heterocycles. The summed E-state index contributed by atoms with van der Waals surface area (Å²) in [5.74, 6) is -1.69. The zero-order valence-corrected chi connectivity index (χ0v) is 11.0. The monoisotopic (exact) mass is 282 g/mol. The van der Waals surface area contributed by atoms with Crippen molar-refractivity contribution in [1.29, 1.82) is 0 Å². The van der Waals surface area contributed by atoms with Crippen LogP contribution in [0.2, 0.25) is 0 Å². The van der Waals surface area contributed by atoms with Crippen molar-refractivity contribution < 1.29 is 19.5 Å². The molecule has 6 nitrogen and oxygen atoms in total. The minimum atomic E-state index is -1.09. The van der Waals surface area contributed by atoms with Gasteiger partial charge in [0.15, 0.2) is 0 Å². The van der Waals surface area contributed by atoms with Crippen LogP contribution in [-0.2, 0) is 20.8 Å². The van der Waals surface area contributed by atoms with Crippen molar-refractivity contribution in [3.63, 3.8) is 0 Å². The predicted molar refractivity (Wildman–Crippen MR) is 68.8 cm³/mol. The molecule has 1 aliphatic rings. The molecule has 0 aliphatic carbocycles. The fraction of sp³-hybridized carbons (Fsp3) is 0.417. The van der Waals surface area contributed by atoms with Gasteiger partial charge in [0.25, 0.3) is 0 Å². The zero-order valence-electron chi connectivity index (χ0n) is 10.2. The largest absolute Gasteiger partial charge is 0.481 e. The molecule has 2 rings (SSSR count). The van der Waals surface area contributed by atoms with Crippen LogP contribution >= 0.6 is 11.3 Å². The molecule has 1 aromatic rings. The molecule has 0 aromatic carbocycles. The van der Waals surface area contributed by atoms with E-state index in [0.717, 1.165) is 4.88 Å². The van der Waals surface area contributed by atoms with Crippen molar-refractivity contribution in [2.75, 3.05) is 13.1 Å². The molecule has 0 saturated carbocycles. The summed E-state index contributed by atoms with van der Waals surface area (Å²) in [4.78, 5) is 36.9. The first-order valence-corrected chi connectivity index (χ1v) is 6.77. The summed E-state index contributed by atoms with van der Waals surface area (Å²) in [5, 5.41) is 13.3. The molecule has 2 heterocycles. The second kappa shape index (κ2) is 5.83. The van der Waals surface area contributed by atoms with Gasteiger partial charge in [-0.25, -0.2) is 0 Å². The topological polar surface area (TPSA) is 86.7 Å². The van der Waals surface area contributed by atoms with E-state index in [1.165, 1.54) is 16.2 Å². The SMILES string of the molecule is O=C(O)CC1C(=O)NCCN1C(=O)Cc1cccs1. The number of rotatable bonds is 4. The Balaban J connectivity index is 2.08. The number of piperazine rings is 1. The van der Waals surface area contributed by atoms with Crippen LogP contribution in [0.4, 0.5) is 0 Å². The Kier molecular flexibility index (Phi) is 4.16. The van der Waals surface area contributed by atoms with Crippen LogP contribution in [0.25, 0.3) is 0 Å². The average molecular weight is 282 g/mol. The van der Waals surface area contributed by atoms with E-state index in [9.17, 15) is 14.4 Å². The zero-order chi connectivity index (χ0) is 13.8. The van der Waals surface area contributed by atoms with Crippen LogP contribution in [0.15, 0.2) is 17.5 Å². The third-order valence-corrected chi connectivity index (χ3v) is 3.80. The highest BCUT2D eigenvalue weighted by Gasteiger charge is 2.34. The van der Waals surface area contributed by atoms with Gasteiger partial charge in [0.05, 0.1) is 12.8 Å². The van der Waals surface area contributed by atoms with Crippen LogP contribution in [0.3, 0.4) is 0 Å². The maximum Gasteiger partial charge on any atom is 0.305 e. The van der Waals surface area contributed by atoms with Crippen LogP contribution in [0.1, 0.15) is 11.3 Å². The number of thiophene rings is 1. The Morgan fingerprint density at radius 2 is 2.32 bits per heavy atom. The fourth-order valence-electron chi connectivity index (χ4n) is 2.05. The molecule has 0 radical (unpaired) electrons. The van der Waals surface area contributed by atoms with Crippen LogP contribution in [0.5, 0.6) is 0 Å². The number of nitrogens with zero attached hydrogens (tertiary/aromatic N) is 1. The van der Waals surface area contributed by atoms with Crippen molar-refractivity contribution in [2.24, 2.45) is 0 Å². The van der Waals surface area contributed by atoms with Gasteiger partial charge in [-0.1, -0.05) is 6.07 Å². The maximum atomic E-state index is 12.2. The standard InChI is InChI=1S/C12H14N2O4S/c15-10(6-8-2-1-5-19-8)14-4-3-13-12(18)9(14)7-11(16)17/h1-2,5,9H,3-4,6-7H2,(H,13,18)(H,16,17). The Morgan fingerprint density at radius 1 is 1.53 bits per heavy atom. The van der Waals surface area contributed by atoms with Gasteiger partial charge in [-0.15, -0.1) is 11.3 Å². The quantitative estimate of drug-likeness (QED) is 0.819. The van der Waals surface area contributed by atoms with E-state index in [2.05, 4.69) is 5.32 Å². The first-order valence-electron chi connectivity index (χ1n) is 5.89. The number of hydrogen-bond acceptors (Lipinski definition) is 4. The van der Waals surface area contributed by atoms with E-state index < -0.39 is 17.9 Å². The first-order chi connectivity index (χ1) is 9.08. The molecule has 0 bridgehead atoms. The third-order valence-electron chi connectivity index (χ3n) is 2.92. The van der Waals surface area contributed by atoms with Crippen molar-refractivity contribution in [3.05, 3.63) is 22.4 Å². The molecule has 1 unspecified atom stereocenters. The van der Waals surface area contributed by atoms with Gasteiger partial charge < -0.3 is 15.3 Å². The molecule has 2 N–H and O–H groups in total. The average Bonchev–Trinajstić information content (AvgIpc) is 2.84. The Morgan fingerprint density at radius 3 is 2.95 bits per heavy atom. The highest BCUT2D eigenvalue weighted by molar-refractivity contribution is 7.10. The molecule has 1 aromatic heterocycles. The number of hydrogen-bond donors (Lipinski definition) is 2. The summed E-state index contributed by atoms with van der Waals surface area (Å²) in [5.41, 5.74) is 0. The molecular weight excluding hydrogens is 268 g/mol. The molecule has 102 valence electrons. The van der Waals surface area contributed by atoms with Crippen molar-refractivity contribution in [3.8, 4) is 0 Å². The van der Waals surface area contributed by atoms with Crippen molar-refractivity contribution in [1.82, 2.24) is 10.2 Å². The minimum Gasteiger partial charge on any atom is -0.481 e. The molecular formula is C12H14N2O4S. The first kappa shape index (κ1) is 13.5. The van der Waals surface area contributed by atoms with Gasteiger partial charge in [-0.2, -0.15) is 0 Å². The highest BCUT2D eigenvalue weighted by Crippen LogP contribution is 2.15. The van der Waals surface area contributed by atoms with E-state index in [4.69, 9.17) is 5.11 Å². The van der Waals surface area contributed by atoms with Gasteiger partial charge in [-0.3, -0.25) is 14.4 Å². The van der Waals surface area contributed by atoms with Gasteiger partial charge in [0.1, 0.15) is 6.04 Å². The molecule has 0 spiro atoms. The summed E-state index contributed by atoms with van der Waals surface area (Å²) < 4.78 is 0. The number of carbonyl (C=O) groups excluding carboxylic acids is 2. The Bertz CT molecular complexity index is 486. The predicted octanol–water partition coefficient (Wildman–Crippen LogP) is 0.0923. The molecule has 2 amide bonds. The van der Waals surface area contributed by atoms with Crippen LogP contribution in [-0.4, -0.2) is 46.9 Å². The number of carbonyl (C=O) groups is 3.